The quantitative estimate of drug-likeness (QED) is 0.570. The number of hydrogen-bond acceptors (Lipinski definition) is 3. The van der Waals surface area contributed by atoms with Gasteiger partial charge in [0.15, 0.2) is 5.96 Å². The Morgan fingerprint density at radius 2 is 1.95 bits per heavy atom. The van der Waals surface area contributed by atoms with E-state index in [2.05, 4.69) is 10.3 Å². The van der Waals surface area contributed by atoms with Crippen molar-refractivity contribution in [1.82, 2.24) is 10.3 Å². The molecule has 0 atom stereocenters. The molecule has 0 amide bonds. The molecule has 0 bridgehead atoms. The van der Waals surface area contributed by atoms with E-state index in [1.165, 1.54) is 5.56 Å². The van der Waals surface area contributed by atoms with Crippen molar-refractivity contribution < 1.29 is 0 Å². The molecule has 104 valence electrons. The molecule has 1 heterocycles. The third-order valence-electron chi connectivity index (χ3n) is 3.05. The maximum atomic E-state index is 7.38. The Morgan fingerprint density at radius 1 is 1.20 bits per heavy atom. The van der Waals surface area contributed by atoms with Crippen LogP contribution in [0.4, 0.5) is 5.69 Å². The van der Waals surface area contributed by atoms with Gasteiger partial charge >= 0.3 is 0 Å². The SMILES string of the molecule is CN(C(=N)N)c1ccc(CNCc2ccccn2)cc1. The fourth-order valence-corrected chi connectivity index (χ4v) is 1.81. The molecule has 0 saturated heterocycles. The van der Waals surface area contributed by atoms with Gasteiger partial charge < -0.3 is 16.0 Å². The number of nitrogens with zero attached hydrogens (tertiary/aromatic N) is 2. The smallest absolute Gasteiger partial charge is 0.192 e. The molecule has 2 aromatic rings. The number of nitrogens with one attached hydrogen (secondary N) is 2. The lowest BCUT2D eigenvalue weighted by molar-refractivity contribution is 0.680. The summed E-state index contributed by atoms with van der Waals surface area (Å²) in [6.07, 6.45) is 1.80. The first kappa shape index (κ1) is 14.0. The molecule has 2 rings (SSSR count). The van der Waals surface area contributed by atoms with E-state index in [9.17, 15) is 0 Å². The highest BCUT2D eigenvalue weighted by Crippen LogP contribution is 2.13. The van der Waals surface area contributed by atoms with Crippen molar-refractivity contribution >= 4 is 11.6 Å². The van der Waals surface area contributed by atoms with E-state index in [4.69, 9.17) is 11.1 Å². The third kappa shape index (κ3) is 3.80. The highest BCUT2D eigenvalue weighted by molar-refractivity contribution is 5.91. The first-order valence-electron chi connectivity index (χ1n) is 6.44. The van der Waals surface area contributed by atoms with Crippen LogP contribution in [-0.2, 0) is 13.1 Å². The van der Waals surface area contributed by atoms with Gasteiger partial charge in [0, 0.05) is 32.0 Å². The number of rotatable bonds is 5. The Balaban J connectivity index is 1.86. The highest BCUT2D eigenvalue weighted by atomic mass is 15.2. The largest absolute Gasteiger partial charge is 0.370 e. The van der Waals surface area contributed by atoms with E-state index in [0.29, 0.717) is 0 Å². The summed E-state index contributed by atoms with van der Waals surface area (Å²) in [5.74, 6) is 0.0334. The van der Waals surface area contributed by atoms with E-state index in [0.717, 1.165) is 24.5 Å². The van der Waals surface area contributed by atoms with Crippen LogP contribution in [-0.4, -0.2) is 18.0 Å². The summed E-state index contributed by atoms with van der Waals surface area (Å²) in [5, 5.41) is 10.7. The Kier molecular flexibility index (Phi) is 4.68. The summed E-state index contributed by atoms with van der Waals surface area (Å²) >= 11 is 0. The lowest BCUT2D eigenvalue weighted by Gasteiger charge is -2.17. The van der Waals surface area contributed by atoms with Crippen LogP contribution in [0.3, 0.4) is 0 Å². The molecule has 20 heavy (non-hydrogen) atoms. The lowest BCUT2D eigenvalue weighted by atomic mass is 10.2. The van der Waals surface area contributed by atoms with Crippen molar-refractivity contribution in [3.05, 3.63) is 59.9 Å². The fourth-order valence-electron chi connectivity index (χ4n) is 1.81. The zero-order valence-electron chi connectivity index (χ0n) is 11.5. The van der Waals surface area contributed by atoms with Crippen LogP contribution in [0.1, 0.15) is 11.3 Å². The molecule has 1 aromatic carbocycles. The normalized spacial score (nSPS) is 10.2. The van der Waals surface area contributed by atoms with E-state index < -0.39 is 0 Å². The molecule has 5 heteroatoms. The fraction of sp³-hybridized carbons (Fsp3) is 0.200. The van der Waals surface area contributed by atoms with Crippen LogP contribution < -0.4 is 16.0 Å². The summed E-state index contributed by atoms with van der Waals surface area (Å²) in [6.45, 7) is 1.52. The average Bonchev–Trinajstić information content (AvgIpc) is 2.48. The minimum Gasteiger partial charge on any atom is -0.370 e. The van der Waals surface area contributed by atoms with Gasteiger partial charge in [0.25, 0.3) is 0 Å². The van der Waals surface area contributed by atoms with Gasteiger partial charge in [-0.25, -0.2) is 0 Å². The molecule has 0 aliphatic carbocycles. The number of anilines is 1. The summed E-state index contributed by atoms with van der Waals surface area (Å²) < 4.78 is 0. The molecule has 4 N–H and O–H groups in total. The third-order valence-corrected chi connectivity index (χ3v) is 3.05. The topological polar surface area (TPSA) is 78.0 Å². The second-order valence-corrected chi connectivity index (χ2v) is 4.54. The Labute approximate surface area is 119 Å². The van der Waals surface area contributed by atoms with Gasteiger partial charge in [0.2, 0.25) is 0 Å². The molecule has 0 radical (unpaired) electrons. The minimum atomic E-state index is 0.0334. The first-order chi connectivity index (χ1) is 9.66. The number of pyridine rings is 1. The van der Waals surface area contributed by atoms with Crippen LogP contribution in [0.25, 0.3) is 0 Å². The summed E-state index contributed by atoms with van der Waals surface area (Å²) in [4.78, 5) is 5.89. The molecule has 1 aromatic heterocycles. The zero-order chi connectivity index (χ0) is 14.4. The van der Waals surface area contributed by atoms with Crippen LogP contribution in [0, 0.1) is 5.41 Å². The van der Waals surface area contributed by atoms with Crippen molar-refractivity contribution in [2.45, 2.75) is 13.1 Å². The van der Waals surface area contributed by atoms with Crippen LogP contribution in [0.15, 0.2) is 48.7 Å². The number of aromatic nitrogens is 1. The summed E-state index contributed by atoms with van der Waals surface area (Å²) in [7, 11) is 1.77. The predicted octanol–water partition coefficient (Wildman–Crippen LogP) is 1.70. The standard InChI is InChI=1S/C15H19N5/c1-20(15(16)17)14-7-5-12(6-8-14)10-18-11-13-4-2-3-9-19-13/h2-9,18H,10-11H2,1H3,(H3,16,17). The molecular formula is C15H19N5. The monoisotopic (exact) mass is 269 g/mol. The second kappa shape index (κ2) is 6.68. The highest BCUT2D eigenvalue weighted by Gasteiger charge is 2.02. The Hall–Kier alpha value is -2.40. The maximum Gasteiger partial charge on any atom is 0.192 e. The lowest BCUT2D eigenvalue weighted by Crippen LogP contribution is -2.32. The van der Waals surface area contributed by atoms with Crippen LogP contribution >= 0.6 is 0 Å². The van der Waals surface area contributed by atoms with Gasteiger partial charge in [0.05, 0.1) is 5.69 Å². The Morgan fingerprint density at radius 3 is 2.55 bits per heavy atom. The van der Waals surface area contributed by atoms with Crippen molar-refractivity contribution in [3.8, 4) is 0 Å². The van der Waals surface area contributed by atoms with Crippen LogP contribution in [0.2, 0.25) is 0 Å². The minimum absolute atomic E-state index is 0.0334. The van der Waals surface area contributed by atoms with Gasteiger partial charge in [-0.05, 0) is 29.8 Å². The molecule has 0 aliphatic rings. The van der Waals surface area contributed by atoms with Gasteiger partial charge in [-0.2, -0.15) is 0 Å². The van der Waals surface area contributed by atoms with E-state index in [-0.39, 0.29) is 5.96 Å². The van der Waals surface area contributed by atoms with E-state index >= 15 is 0 Å². The molecule has 0 fully saturated rings. The number of hydrogen-bond donors (Lipinski definition) is 3. The van der Waals surface area contributed by atoms with Crippen molar-refractivity contribution in [2.24, 2.45) is 5.73 Å². The molecule has 0 aliphatic heterocycles. The molecule has 0 spiro atoms. The zero-order valence-corrected chi connectivity index (χ0v) is 11.5. The second-order valence-electron chi connectivity index (χ2n) is 4.54. The van der Waals surface area contributed by atoms with Crippen molar-refractivity contribution in [2.75, 3.05) is 11.9 Å². The number of nitrogens with two attached hydrogens (primary N) is 1. The van der Waals surface area contributed by atoms with E-state index in [1.807, 2.05) is 42.5 Å². The van der Waals surface area contributed by atoms with E-state index in [1.54, 1.807) is 18.1 Å². The summed E-state index contributed by atoms with van der Waals surface area (Å²) in [5.41, 5.74) is 8.56. The van der Waals surface area contributed by atoms with Crippen molar-refractivity contribution in [1.29, 1.82) is 5.41 Å². The molecule has 5 nitrogen and oxygen atoms in total. The molecule has 0 unspecified atom stereocenters. The van der Waals surface area contributed by atoms with Gasteiger partial charge in [-0.3, -0.25) is 10.4 Å². The van der Waals surface area contributed by atoms with Gasteiger partial charge in [-0.1, -0.05) is 18.2 Å². The Bertz CT molecular complexity index is 550. The van der Waals surface area contributed by atoms with Crippen molar-refractivity contribution in [3.63, 3.8) is 0 Å². The number of guanidine groups is 1. The molecule has 0 saturated carbocycles. The van der Waals surface area contributed by atoms with Gasteiger partial charge in [-0.15, -0.1) is 0 Å². The van der Waals surface area contributed by atoms with Crippen LogP contribution in [0.5, 0.6) is 0 Å². The summed E-state index contributed by atoms with van der Waals surface area (Å²) in [6, 6.07) is 13.9. The molecular weight excluding hydrogens is 250 g/mol. The van der Waals surface area contributed by atoms with Gasteiger partial charge in [0.1, 0.15) is 0 Å². The predicted molar refractivity (Wildman–Crippen MR) is 81.5 cm³/mol. The number of benzene rings is 1. The first-order valence-corrected chi connectivity index (χ1v) is 6.44. The average molecular weight is 269 g/mol. The maximum absolute atomic E-state index is 7.38.